The standard InChI is InChI=1S/C12H19N3O/c1-9-5-11(14(2)13-9)6-15-7-12(16,8-15)10-3-4-10/h5,10,16H,3-4,6-8H2,1-2H3. The zero-order valence-corrected chi connectivity index (χ0v) is 9.98. The number of rotatable bonds is 3. The Bertz CT molecular complexity index is 402. The van der Waals surface area contributed by atoms with Gasteiger partial charge in [0.25, 0.3) is 0 Å². The van der Waals surface area contributed by atoms with Gasteiger partial charge in [0, 0.05) is 26.7 Å². The quantitative estimate of drug-likeness (QED) is 0.816. The van der Waals surface area contributed by atoms with Gasteiger partial charge in [-0.3, -0.25) is 9.58 Å². The molecule has 1 saturated carbocycles. The van der Waals surface area contributed by atoms with E-state index in [-0.39, 0.29) is 5.60 Å². The molecule has 0 bridgehead atoms. The molecule has 88 valence electrons. The number of nitrogens with zero attached hydrogens (tertiary/aromatic N) is 3. The van der Waals surface area contributed by atoms with Crippen LogP contribution >= 0.6 is 0 Å². The first kappa shape index (κ1) is 10.3. The number of aryl methyl sites for hydroxylation is 2. The van der Waals surface area contributed by atoms with Crippen molar-refractivity contribution in [3.05, 3.63) is 17.5 Å². The van der Waals surface area contributed by atoms with E-state index in [1.807, 2.05) is 18.7 Å². The van der Waals surface area contributed by atoms with Gasteiger partial charge in [-0.15, -0.1) is 0 Å². The molecule has 1 aromatic heterocycles. The van der Waals surface area contributed by atoms with E-state index < -0.39 is 0 Å². The summed E-state index contributed by atoms with van der Waals surface area (Å²) in [5.41, 5.74) is 1.93. The maximum absolute atomic E-state index is 10.2. The Morgan fingerprint density at radius 3 is 2.69 bits per heavy atom. The molecule has 1 aliphatic carbocycles. The maximum atomic E-state index is 10.2. The van der Waals surface area contributed by atoms with Crippen molar-refractivity contribution in [1.82, 2.24) is 14.7 Å². The summed E-state index contributed by atoms with van der Waals surface area (Å²) < 4.78 is 1.93. The van der Waals surface area contributed by atoms with Crippen LogP contribution in [-0.4, -0.2) is 38.5 Å². The summed E-state index contributed by atoms with van der Waals surface area (Å²) in [5, 5.41) is 14.5. The molecular weight excluding hydrogens is 202 g/mol. The molecule has 0 atom stereocenters. The SMILES string of the molecule is Cc1cc(CN2CC(O)(C3CC3)C2)n(C)n1. The van der Waals surface area contributed by atoms with Crippen LogP contribution in [0.2, 0.25) is 0 Å². The summed E-state index contributed by atoms with van der Waals surface area (Å²) in [6.45, 7) is 4.59. The third-order valence-corrected chi connectivity index (χ3v) is 3.82. The van der Waals surface area contributed by atoms with Crippen molar-refractivity contribution in [1.29, 1.82) is 0 Å². The van der Waals surface area contributed by atoms with Crippen molar-refractivity contribution in [3.8, 4) is 0 Å². The summed E-state index contributed by atoms with van der Waals surface area (Å²) in [5.74, 6) is 0.581. The first-order chi connectivity index (χ1) is 7.57. The van der Waals surface area contributed by atoms with Gasteiger partial charge in [0.1, 0.15) is 0 Å². The van der Waals surface area contributed by atoms with Crippen LogP contribution in [0.25, 0.3) is 0 Å². The van der Waals surface area contributed by atoms with Gasteiger partial charge >= 0.3 is 0 Å². The molecule has 16 heavy (non-hydrogen) atoms. The molecule has 0 radical (unpaired) electrons. The van der Waals surface area contributed by atoms with Gasteiger partial charge in [-0.05, 0) is 31.7 Å². The monoisotopic (exact) mass is 221 g/mol. The molecule has 1 N–H and O–H groups in total. The lowest BCUT2D eigenvalue weighted by Gasteiger charge is -2.47. The summed E-state index contributed by atoms with van der Waals surface area (Å²) in [6.07, 6.45) is 2.43. The highest BCUT2D eigenvalue weighted by atomic mass is 16.3. The van der Waals surface area contributed by atoms with Crippen LogP contribution in [0.3, 0.4) is 0 Å². The van der Waals surface area contributed by atoms with Crippen LogP contribution in [0.15, 0.2) is 6.07 Å². The number of likely N-dealkylation sites (tertiary alicyclic amines) is 1. The smallest absolute Gasteiger partial charge is 0.0928 e. The molecule has 1 aromatic rings. The molecule has 0 aromatic carbocycles. The lowest BCUT2D eigenvalue weighted by molar-refractivity contribution is -0.117. The van der Waals surface area contributed by atoms with E-state index in [1.54, 1.807) is 0 Å². The lowest BCUT2D eigenvalue weighted by Crippen LogP contribution is -2.62. The van der Waals surface area contributed by atoms with E-state index in [4.69, 9.17) is 0 Å². The number of aliphatic hydroxyl groups is 1. The molecule has 1 saturated heterocycles. The maximum Gasteiger partial charge on any atom is 0.0928 e. The van der Waals surface area contributed by atoms with Crippen molar-refractivity contribution in [2.24, 2.45) is 13.0 Å². The average Bonchev–Trinajstić information content (AvgIpc) is 2.92. The van der Waals surface area contributed by atoms with E-state index in [2.05, 4.69) is 16.1 Å². The van der Waals surface area contributed by atoms with Crippen LogP contribution < -0.4 is 0 Å². The third kappa shape index (κ3) is 1.66. The topological polar surface area (TPSA) is 41.3 Å². The van der Waals surface area contributed by atoms with Gasteiger partial charge in [-0.2, -0.15) is 5.10 Å². The van der Waals surface area contributed by atoms with Crippen LogP contribution in [0.5, 0.6) is 0 Å². The predicted octanol–water partition coefficient (Wildman–Crippen LogP) is 0.685. The number of hydrogen-bond acceptors (Lipinski definition) is 3. The normalized spacial score (nSPS) is 24.4. The van der Waals surface area contributed by atoms with Crippen molar-refractivity contribution in [2.45, 2.75) is 31.9 Å². The zero-order valence-electron chi connectivity index (χ0n) is 9.98. The second-order valence-corrected chi connectivity index (χ2v) is 5.42. The zero-order chi connectivity index (χ0) is 11.3. The Hall–Kier alpha value is -0.870. The fourth-order valence-electron chi connectivity index (χ4n) is 2.76. The van der Waals surface area contributed by atoms with Gasteiger partial charge in [0.15, 0.2) is 0 Å². The number of aromatic nitrogens is 2. The Balaban J connectivity index is 1.59. The molecular formula is C12H19N3O. The highest BCUT2D eigenvalue weighted by Crippen LogP contribution is 2.44. The number of β-amino-alcohol motifs (C(OH)–C–C–N with tert-alkyl or cyclic N) is 1. The molecule has 3 rings (SSSR count). The van der Waals surface area contributed by atoms with Gasteiger partial charge in [-0.25, -0.2) is 0 Å². The van der Waals surface area contributed by atoms with Crippen LogP contribution in [0.1, 0.15) is 24.2 Å². The largest absolute Gasteiger partial charge is 0.387 e. The van der Waals surface area contributed by atoms with Gasteiger partial charge in [-0.1, -0.05) is 0 Å². The highest BCUT2D eigenvalue weighted by molar-refractivity contribution is 5.12. The summed E-state index contributed by atoms with van der Waals surface area (Å²) in [7, 11) is 1.98. The fourth-order valence-corrected chi connectivity index (χ4v) is 2.76. The third-order valence-electron chi connectivity index (χ3n) is 3.82. The Morgan fingerprint density at radius 1 is 1.50 bits per heavy atom. The first-order valence-electron chi connectivity index (χ1n) is 6.01. The average molecular weight is 221 g/mol. The van der Waals surface area contributed by atoms with Crippen LogP contribution in [-0.2, 0) is 13.6 Å². The predicted molar refractivity (Wildman–Crippen MR) is 60.9 cm³/mol. The Labute approximate surface area is 95.9 Å². The minimum absolute atomic E-state index is 0.367. The molecule has 0 amide bonds. The first-order valence-corrected chi connectivity index (χ1v) is 6.01. The van der Waals surface area contributed by atoms with Gasteiger partial charge in [0.05, 0.1) is 17.0 Å². The molecule has 4 heteroatoms. The minimum Gasteiger partial charge on any atom is -0.387 e. The fraction of sp³-hybridized carbons (Fsp3) is 0.750. The van der Waals surface area contributed by atoms with Gasteiger partial charge < -0.3 is 5.11 Å². The minimum atomic E-state index is -0.367. The Kier molecular flexibility index (Phi) is 2.13. The second kappa shape index (κ2) is 3.31. The summed E-state index contributed by atoms with van der Waals surface area (Å²) >= 11 is 0. The van der Waals surface area contributed by atoms with E-state index in [9.17, 15) is 5.11 Å². The van der Waals surface area contributed by atoms with Crippen LogP contribution in [0.4, 0.5) is 0 Å². The van der Waals surface area contributed by atoms with Crippen molar-refractivity contribution in [3.63, 3.8) is 0 Å². The molecule has 0 spiro atoms. The van der Waals surface area contributed by atoms with E-state index in [1.165, 1.54) is 18.5 Å². The molecule has 1 aliphatic heterocycles. The van der Waals surface area contributed by atoms with E-state index >= 15 is 0 Å². The summed E-state index contributed by atoms with van der Waals surface area (Å²) in [4.78, 5) is 2.30. The molecule has 2 aliphatic rings. The second-order valence-electron chi connectivity index (χ2n) is 5.42. The van der Waals surface area contributed by atoms with Crippen molar-refractivity contribution >= 4 is 0 Å². The van der Waals surface area contributed by atoms with E-state index in [0.29, 0.717) is 5.92 Å². The lowest BCUT2D eigenvalue weighted by atomic mass is 9.88. The van der Waals surface area contributed by atoms with Gasteiger partial charge in [0.2, 0.25) is 0 Å². The highest BCUT2D eigenvalue weighted by Gasteiger charge is 2.51. The van der Waals surface area contributed by atoms with Crippen molar-refractivity contribution in [2.75, 3.05) is 13.1 Å². The van der Waals surface area contributed by atoms with E-state index in [0.717, 1.165) is 25.3 Å². The van der Waals surface area contributed by atoms with Crippen LogP contribution in [0, 0.1) is 12.8 Å². The molecule has 2 heterocycles. The summed E-state index contributed by atoms with van der Waals surface area (Å²) in [6, 6.07) is 2.12. The molecule has 4 nitrogen and oxygen atoms in total. The Morgan fingerprint density at radius 2 is 2.19 bits per heavy atom. The van der Waals surface area contributed by atoms with Crippen molar-refractivity contribution < 1.29 is 5.11 Å². The molecule has 2 fully saturated rings. The number of hydrogen-bond donors (Lipinski definition) is 1. The molecule has 0 unspecified atom stereocenters.